The van der Waals surface area contributed by atoms with Crippen molar-refractivity contribution in [3.8, 4) is 11.3 Å². The predicted molar refractivity (Wildman–Crippen MR) is 108 cm³/mol. The molecule has 5 heteroatoms. The van der Waals surface area contributed by atoms with Gasteiger partial charge in [-0.25, -0.2) is 4.68 Å². The number of rotatable bonds is 2. The van der Waals surface area contributed by atoms with Crippen LogP contribution in [0.15, 0.2) is 68.5 Å². The maximum absolute atomic E-state index is 5.04. The van der Waals surface area contributed by atoms with Crippen molar-refractivity contribution in [3.63, 3.8) is 0 Å². The van der Waals surface area contributed by atoms with E-state index in [-0.39, 0.29) is 0 Å². The molecule has 0 atom stereocenters. The van der Waals surface area contributed by atoms with Crippen LogP contribution in [0.25, 0.3) is 11.3 Å². The van der Waals surface area contributed by atoms with Crippen LogP contribution in [0, 0.1) is 0 Å². The Hall–Kier alpha value is -1.98. The number of aromatic nitrogens is 1. The molecule has 0 saturated heterocycles. The van der Waals surface area contributed by atoms with Gasteiger partial charge in [0.1, 0.15) is 0 Å². The number of hydrogen-bond acceptors (Lipinski definition) is 3. The van der Waals surface area contributed by atoms with Crippen molar-refractivity contribution in [2.45, 2.75) is 19.3 Å². The molecule has 0 aliphatic heterocycles. The highest BCUT2D eigenvalue weighted by Crippen LogP contribution is 2.29. The number of fused-ring (bicyclic) bond motifs is 1. The summed E-state index contributed by atoms with van der Waals surface area (Å²) in [7, 11) is 1.82. The van der Waals surface area contributed by atoms with Crippen LogP contribution in [0.4, 0.5) is 0 Å². The largest absolute Gasteiger partial charge is 0.261 e. The van der Waals surface area contributed by atoms with Gasteiger partial charge in [0, 0.05) is 28.0 Å². The summed E-state index contributed by atoms with van der Waals surface area (Å²) in [6.45, 7) is 0. The first kappa shape index (κ1) is 16.5. The average Bonchev–Trinajstić information content (AvgIpc) is 3.05. The smallest absolute Gasteiger partial charge is 0.205 e. The van der Waals surface area contributed by atoms with Crippen molar-refractivity contribution in [1.29, 1.82) is 0 Å². The monoisotopic (exact) mass is 411 g/mol. The van der Waals surface area contributed by atoms with E-state index in [1.165, 1.54) is 11.1 Å². The number of halogens is 1. The molecular weight excluding hydrogens is 394 g/mol. The van der Waals surface area contributed by atoms with E-state index in [0.717, 1.165) is 45.5 Å². The van der Waals surface area contributed by atoms with Crippen LogP contribution in [-0.2, 0) is 6.42 Å². The van der Waals surface area contributed by atoms with E-state index < -0.39 is 0 Å². The fraction of sp³-hybridized carbons (Fsp3) is 0.200. The second-order valence-corrected chi connectivity index (χ2v) is 7.67. The molecule has 0 bridgehead atoms. The summed E-state index contributed by atoms with van der Waals surface area (Å²) in [5.74, 6) is 0. The van der Waals surface area contributed by atoms with Crippen molar-refractivity contribution in [2.75, 3.05) is 7.05 Å². The van der Waals surface area contributed by atoms with Gasteiger partial charge in [-0.1, -0.05) is 58.4 Å². The van der Waals surface area contributed by atoms with E-state index in [4.69, 9.17) is 5.10 Å². The Balaban J connectivity index is 1.90. The standard InChI is InChI=1S/C20H18BrN3S/c1-22-20-24(19(13-25-20)16-10-4-5-11-17(16)21)23-18-12-6-8-14-7-2-3-9-15(14)18/h2-5,7,9-11,13H,6,8,12H2,1H3. The van der Waals surface area contributed by atoms with Crippen LogP contribution in [0.1, 0.15) is 24.0 Å². The van der Waals surface area contributed by atoms with Gasteiger partial charge in [-0.15, -0.1) is 11.3 Å². The Morgan fingerprint density at radius 2 is 1.76 bits per heavy atom. The highest BCUT2D eigenvalue weighted by atomic mass is 79.9. The molecule has 2 aromatic carbocycles. The minimum absolute atomic E-state index is 0.904. The van der Waals surface area contributed by atoms with Crippen LogP contribution >= 0.6 is 27.3 Å². The lowest BCUT2D eigenvalue weighted by atomic mass is 9.90. The molecular formula is C20H18BrN3S. The molecule has 126 valence electrons. The van der Waals surface area contributed by atoms with Gasteiger partial charge >= 0.3 is 0 Å². The van der Waals surface area contributed by atoms with E-state index in [9.17, 15) is 0 Å². The fourth-order valence-corrected chi connectivity index (χ4v) is 4.50. The van der Waals surface area contributed by atoms with Crippen molar-refractivity contribution in [3.05, 3.63) is 74.3 Å². The summed E-state index contributed by atoms with van der Waals surface area (Å²) < 4.78 is 3.05. The molecule has 0 radical (unpaired) electrons. The first-order valence-corrected chi connectivity index (χ1v) is 9.99. The molecule has 0 amide bonds. The fourth-order valence-electron chi connectivity index (χ4n) is 3.23. The zero-order valence-corrected chi connectivity index (χ0v) is 16.3. The van der Waals surface area contributed by atoms with Crippen LogP contribution in [-0.4, -0.2) is 17.4 Å². The van der Waals surface area contributed by atoms with Crippen molar-refractivity contribution in [2.24, 2.45) is 10.1 Å². The third-order valence-electron chi connectivity index (χ3n) is 4.44. The predicted octanol–water partition coefficient (Wildman–Crippen LogP) is 5.10. The van der Waals surface area contributed by atoms with Crippen molar-refractivity contribution >= 4 is 33.0 Å². The van der Waals surface area contributed by atoms with Crippen molar-refractivity contribution < 1.29 is 0 Å². The third-order valence-corrected chi connectivity index (χ3v) is 6.03. The first-order chi connectivity index (χ1) is 12.3. The normalized spacial score (nSPS) is 16.2. The lowest BCUT2D eigenvalue weighted by Crippen LogP contribution is -2.18. The molecule has 0 N–H and O–H groups in total. The maximum atomic E-state index is 5.04. The first-order valence-electron chi connectivity index (χ1n) is 8.32. The van der Waals surface area contributed by atoms with E-state index in [1.54, 1.807) is 11.3 Å². The number of benzene rings is 2. The molecule has 0 unspecified atom stereocenters. The molecule has 1 heterocycles. The minimum atomic E-state index is 0.904. The van der Waals surface area contributed by atoms with E-state index in [2.05, 4.69) is 62.7 Å². The zero-order valence-electron chi connectivity index (χ0n) is 13.9. The Morgan fingerprint density at radius 3 is 2.56 bits per heavy atom. The molecule has 1 aromatic heterocycles. The second kappa shape index (κ2) is 7.10. The molecule has 1 aliphatic carbocycles. The average molecular weight is 412 g/mol. The lowest BCUT2D eigenvalue weighted by Gasteiger charge is -2.18. The minimum Gasteiger partial charge on any atom is -0.261 e. The highest BCUT2D eigenvalue weighted by Gasteiger charge is 2.17. The maximum Gasteiger partial charge on any atom is 0.205 e. The zero-order chi connectivity index (χ0) is 17.2. The van der Waals surface area contributed by atoms with Gasteiger partial charge in [0.15, 0.2) is 0 Å². The number of aryl methyl sites for hydroxylation is 1. The molecule has 0 saturated carbocycles. The molecule has 0 fully saturated rings. The summed E-state index contributed by atoms with van der Waals surface area (Å²) in [4.78, 5) is 5.33. The lowest BCUT2D eigenvalue weighted by molar-refractivity contribution is 0.795. The topological polar surface area (TPSA) is 29.6 Å². The van der Waals surface area contributed by atoms with Crippen LogP contribution in [0.3, 0.4) is 0 Å². The molecule has 3 aromatic rings. The Kier molecular flexibility index (Phi) is 4.68. The van der Waals surface area contributed by atoms with Gasteiger partial charge in [0.25, 0.3) is 0 Å². The Morgan fingerprint density at radius 1 is 1.00 bits per heavy atom. The van der Waals surface area contributed by atoms with Gasteiger partial charge in [-0.05, 0) is 30.9 Å². The number of hydrogen-bond donors (Lipinski definition) is 0. The molecule has 1 aliphatic rings. The highest BCUT2D eigenvalue weighted by molar-refractivity contribution is 9.10. The van der Waals surface area contributed by atoms with E-state index in [0.29, 0.717) is 0 Å². The summed E-state index contributed by atoms with van der Waals surface area (Å²) >= 11 is 5.28. The van der Waals surface area contributed by atoms with Crippen LogP contribution in [0.2, 0.25) is 0 Å². The van der Waals surface area contributed by atoms with E-state index >= 15 is 0 Å². The third kappa shape index (κ3) is 3.14. The van der Waals surface area contributed by atoms with Gasteiger partial charge in [-0.3, -0.25) is 4.99 Å². The van der Waals surface area contributed by atoms with Gasteiger partial charge in [0.2, 0.25) is 4.80 Å². The summed E-state index contributed by atoms with van der Waals surface area (Å²) in [5, 5.41) is 7.16. The molecule has 4 rings (SSSR count). The molecule has 25 heavy (non-hydrogen) atoms. The van der Waals surface area contributed by atoms with Gasteiger partial charge in [0.05, 0.1) is 11.4 Å². The Labute approximate surface area is 159 Å². The van der Waals surface area contributed by atoms with E-state index in [1.807, 2.05) is 23.9 Å². The quantitative estimate of drug-likeness (QED) is 0.561. The van der Waals surface area contributed by atoms with Crippen LogP contribution < -0.4 is 4.80 Å². The van der Waals surface area contributed by atoms with Crippen molar-refractivity contribution in [1.82, 2.24) is 4.68 Å². The van der Waals surface area contributed by atoms with Gasteiger partial charge < -0.3 is 0 Å². The molecule has 0 spiro atoms. The summed E-state index contributed by atoms with van der Waals surface area (Å²) in [6, 6.07) is 16.8. The summed E-state index contributed by atoms with van der Waals surface area (Å²) in [6.07, 6.45) is 3.27. The number of nitrogens with zero attached hydrogens (tertiary/aromatic N) is 3. The second-order valence-electron chi connectivity index (χ2n) is 5.98. The summed E-state index contributed by atoms with van der Waals surface area (Å²) in [5.41, 5.74) is 5.99. The van der Waals surface area contributed by atoms with Crippen LogP contribution in [0.5, 0.6) is 0 Å². The molecule has 3 nitrogen and oxygen atoms in total. The Bertz CT molecular complexity index is 1010. The van der Waals surface area contributed by atoms with Gasteiger partial charge in [-0.2, -0.15) is 5.10 Å². The SMILES string of the molecule is CN=c1scc(-c2ccccc2Br)n1N=C1CCCc2ccccc21. The number of thiazole rings is 1.